The van der Waals surface area contributed by atoms with Gasteiger partial charge in [-0.2, -0.15) is 13.2 Å². The molecular formula is C15H14ClF3N2. The number of hydrogen-bond acceptors (Lipinski definition) is 2. The van der Waals surface area contributed by atoms with E-state index in [9.17, 15) is 13.2 Å². The summed E-state index contributed by atoms with van der Waals surface area (Å²) >= 11 is 5.86. The number of nitrogens with zero attached hydrogens (tertiary/aromatic N) is 1. The number of benzene rings is 1. The summed E-state index contributed by atoms with van der Waals surface area (Å²) in [5.41, 5.74) is 0.216. The van der Waals surface area contributed by atoms with Crippen molar-refractivity contribution in [3.05, 3.63) is 59.8 Å². The Balaban J connectivity index is 2.16. The van der Waals surface area contributed by atoms with Crippen LogP contribution >= 0.6 is 11.6 Å². The van der Waals surface area contributed by atoms with Crippen LogP contribution in [0.3, 0.4) is 0 Å². The molecule has 0 aliphatic rings. The van der Waals surface area contributed by atoms with E-state index in [2.05, 4.69) is 10.3 Å². The first-order valence-corrected chi connectivity index (χ1v) is 6.93. The fourth-order valence-electron chi connectivity index (χ4n) is 1.99. The van der Waals surface area contributed by atoms with Crippen LogP contribution in [0.1, 0.15) is 11.1 Å². The van der Waals surface area contributed by atoms with E-state index in [4.69, 9.17) is 11.6 Å². The second-order valence-electron chi connectivity index (χ2n) is 4.58. The molecule has 0 radical (unpaired) electrons. The van der Waals surface area contributed by atoms with Gasteiger partial charge in [0.25, 0.3) is 0 Å². The second kappa shape index (κ2) is 6.80. The minimum atomic E-state index is -4.44. The molecule has 0 saturated heterocycles. The zero-order valence-corrected chi connectivity index (χ0v) is 11.8. The number of pyridine rings is 1. The summed E-state index contributed by atoms with van der Waals surface area (Å²) in [7, 11) is 0. The molecule has 0 fully saturated rings. The van der Waals surface area contributed by atoms with Gasteiger partial charge in [0.15, 0.2) is 0 Å². The minimum Gasteiger partial charge on any atom is -0.365 e. The monoisotopic (exact) mass is 314 g/mol. The predicted octanol–water partition coefficient (Wildman–Crippen LogP) is 4.36. The van der Waals surface area contributed by atoms with Crippen molar-refractivity contribution in [2.24, 2.45) is 0 Å². The Morgan fingerprint density at radius 2 is 1.81 bits per heavy atom. The smallest absolute Gasteiger partial charge is 0.365 e. The highest BCUT2D eigenvalue weighted by Gasteiger charge is 2.34. The topological polar surface area (TPSA) is 24.9 Å². The number of alkyl halides is 4. The van der Waals surface area contributed by atoms with Gasteiger partial charge >= 0.3 is 6.18 Å². The zero-order valence-electron chi connectivity index (χ0n) is 11.1. The lowest BCUT2D eigenvalue weighted by atomic mass is 10.1. The molecule has 0 amide bonds. The van der Waals surface area contributed by atoms with Crippen LogP contribution in [-0.4, -0.2) is 16.9 Å². The molecule has 112 valence electrons. The van der Waals surface area contributed by atoms with Crippen molar-refractivity contribution in [2.45, 2.75) is 18.6 Å². The maximum absolute atomic E-state index is 12.9. The highest BCUT2D eigenvalue weighted by Crippen LogP contribution is 2.33. The molecule has 0 bridgehead atoms. The van der Waals surface area contributed by atoms with Crippen LogP contribution in [0.5, 0.6) is 0 Å². The largest absolute Gasteiger partial charge is 0.419 e. The summed E-state index contributed by atoms with van der Waals surface area (Å²) < 4.78 is 38.7. The third kappa shape index (κ3) is 4.36. The van der Waals surface area contributed by atoms with Crippen molar-refractivity contribution >= 4 is 17.4 Å². The molecule has 1 aromatic carbocycles. The van der Waals surface area contributed by atoms with E-state index in [-0.39, 0.29) is 17.7 Å². The van der Waals surface area contributed by atoms with Crippen molar-refractivity contribution in [1.82, 2.24) is 4.98 Å². The summed E-state index contributed by atoms with van der Waals surface area (Å²) in [5.74, 6) is -0.00505. The van der Waals surface area contributed by atoms with Crippen molar-refractivity contribution in [3.63, 3.8) is 0 Å². The summed E-state index contributed by atoms with van der Waals surface area (Å²) in [4.78, 5) is 3.78. The van der Waals surface area contributed by atoms with Crippen LogP contribution in [0, 0.1) is 0 Å². The number of rotatable bonds is 5. The highest BCUT2D eigenvalue weighted by molar-refractivity contribution is 6.18. The van der Waals surface area contributed by atoms with Crippen LogP contribution < -0.4 is 5.32 Å². The fraction of sp³-hybridized carbons (Fsp3) is 0.267. The van der Waals surface area contributed by atoms with Gasteiger partial charge in [0.05, 0.1) is 5.56 Å². The highest BCUT2D eigenvalue weighted by atomic mass is 35.5. The Morgan fingerprint density at radius 1 is 1.10 bits per heavy atom. The number of nitrogens with one attached hydrogen (secondary N) is 1. The van der Waals surface area contributed by atoms with Crippen molar-refractivity contribution in [3.8, 4) is 0 Å². The van der Waals surface area contributed by atoms with Gasteiger partial charge < -0.3 is 5.32 Å². The molecule has 21 heavy (non-hydrogen) atoms. The van der Waals surface area contributed by atoms with E-state index in [1.807, 2.05) is 30.3 Å². The second-order valence-corrected chi connectivity index (χ2v) is 4.89. The van der Waals surface area contributed by atoms with Gasteiger partial charge in [0.1, 0.15) is 5.82 Å². The summed E-state index contributed by atoms with van der Waals surface area (Å²) in [6.45, 7) is 0. The minimum absolute atomic E-state index is 0.183. The maximum Gasteiger partial charge on any atom is 0.419 e. The number of aromatic nitrogens is 1. The van der Waals surface area contributed by atoms with Gasteiger partial charge in [-0.1, -0.05) is 30.3 Å². The average Bonchev–Trinajstić information content (AvgIpc) is 2.47. The molecule has 1 unspecified atom stereocenters. The lowest BCUT2D eigenvalue weighted by Gasteiger charge is -2.19. The van der Waals surface area contributed by atoms with Crippen molar-refractivity contribution < 1.29 is 13.2 Å². The molecule has 1 N–H and O–H groups in total. The molecule has 0 aliphatic carbocycles. The Labute approximate surface area is 126 Å². The summed E-state index contributed by atoms with van der Waals surface area (Å²) in [5, 5.41) is 2.79. The number of hydrogen-bond donors (Lipinski definition) is 1. The van der Waals surface area contributed by atoms with Crippen molar-refractivity contribution in [1.29, 1.82) is 0 Å². The SMILES string of the molecule is FC(F)(F)c1cccnc1NC(CCl)Cc1ccccc1. The molecule has 0 spiro atoms. The Kier molecular flexibility index (Phi) is 5.07. The lowest BCUT2D eigenvalue weighted by molar-refractivity contribution is -0.137. The molecule has 1 atom stereocenters. The van der Waals surface area contributed by atoms with E-state index in [1.165, 1.54) is 12.3 Å². The zero-order chi connectivity index (χ0) is 15.3. The molecule has 6 heteroatoms. The predicted molar refractivity (Wildman–Crippen MR) is 77.5 cm³/mol. The Bertz CT molecular complexity index is 573. The van der Waals surface area contributed by atoms with Crippen molar-refractivity contribution in [2.75, 3.05) is 11.2 Å². The first-order chi connectivity index (χ1) is 10.0. The average molecular weight is 315 g/mol. The molecule has 2 nitrogen and oxygen atoms in total. The Morgan fingerprint density at radius 3 is 2.43 bits per heavy atom. The normalized spacial score (nSPS) is 13.0. The fourth-order valence-corrected chi connectivity index (χ4v) is 2.17. The molecule has 0 aliphatic heterocycles. The summed E-state index contributed by atoms with van der Waals surface area (Å²) in [6, 6.07) is 11.4. The van der Waals surface area contributed by atoms with E-state index in [0.29, 0.717) is 6.42 Å². The third-order valence-corrected chi connectivity index (χ3v) is 3.34. The lowest BCUT2D eigenvalue weighted by Crippen LogP contribution is -2.26. The Hall–Kier alpha value is -1.75. The van der Waals surface area contributed by atoms with E-state index >= 15 is 0 Å². The quantitative estimate of drug-likeness (QED) is 0.829. The van der Waals surface area contributed by atoms with E-state index < -0.39 is 11.7 Å². The van der Waals surface area contributed by atoms with Gasteiger partial charge in [0, 0.05) is 18.1 Å². The number of anilines is 1. The van der Waals surface area contributed by atoms with Gasteiger partial charge in [-0.05, 0) is 24.1 Å². The first kappa shape index (κ1) is 15.6. The van der Waals surface area contributed by atoms with Gasteiger partial charge in [-0.15, -0.1) is 11.6 Å². The van der Waals surface area contributed by atoms with Crippen LogP contribution in [0.4, 0.5) is 19.0 Å². The summed E-state index contributed by atoms with van der Waals surface area (Å²) in [6.07, 6.45) is -2.59. The third-order valence-electron chi connectivity index (χ3n) is 2.97. The molecular weight excluding hydrogens is 301 g/mol. The van der Waals surface area contributed by atoms with E-state index in [1.54, 1.807) is 0 Å². The van der Waals surface area contributed by atoms with Crippen LogP contribution in [0.25, 0.3) is 0 Å². The molecule has 0 saturated carbocycles. The van der Waals surface area contributed by atoms with Crippen LogP contribution in [0.2, 0.25) is 0 Å². The maximum atomic E-state index is 12.9. The molecule has 1 heterocycles. The molecule has 2 rings (SSSR count). The van der Waals surface area contributed by atoms with Gasteiger partial charge in [-0.25, -0.2) is 4.98 Å². The van der Waals surface area contributed by atoms with Crippen LogP contribution in [0.15, 0.2) is 48.7 Å². The molecule has 1 aromatic heterocycles. The first-order valence-electron chi connectivity index (χ1n) is 6.39. The van der Waals surface area contributed by atoms with E-state index in [0.717, 1.165) is 11.6 Å². The van der Waals surface area contributed by atoms with Crippen LogP contribution in [-0.2, 0) is 12.6 Å². The standard InChI is InChI=1S/C15H14ClF3N2/c16-10-12(9-11-5-2-1-3-6-11)21-14-13(15(17,18)19)7-4-8-20-14/h1-8,12H,9-10H2,(H,20,21). The number of halogens is 4. The van der Waals surface area contributed by atoms with Gasteiger partial charge in [0.2, 0.25) is 0 Å². The molecule has 2 aromatic rings. The van der Waals surface area contributed by atoms with Gasteiger partial charge in [-0.3, -0.25) is 0 Å².